The fraction of sp³-hybridized carbons (Fsp3) is 0.185. The zero-order valence-corrected chi connectivity index (χ0v) is 17.4. The molecule has 4 aromatic rings. The smallest absolute Gasteiger partial charge is 0.209 e. The highest BCUT2D eigenvalue weighted by atomic mass is 16.1. The molecule has 0 saturated carbocycles. The van der Waals surface area contributed by atoms with Crippen molar-refractivity contribution in [2.45, 2.75) is 31.7 Å². The fourth-order valence-corrected chi connectivity index (χ4v) is 5.14. The molecule has 3 aromatic carbocycles. The molecule has 31 heavy (non-hydrogen) atoms. The first kappa shape index (κ1) is 18.1. The van der Waals surface area contributed by atoms with E-state index in [1.54, 1.807) is 0 Å². The lowest BCUT2D eigenvalue weighted by molar-refractivity contribution is -0.116. The molecule has 1 N–H and O–H groups in total. The largest absolute Gasteiger partial charge is 0.329 e. The number of ketones is 1. The van der Waals surface area contributed by atoms with Crippen LogP contribution in [0.3, 0.4) is 0 Å². The molecule has 1 aromatic heterocycles. The number of aryl methyl sites for hydroxylation is 1. The molecular formula is C27H23N3O. The molecule has 4 heteroatoms. The Hall–Kier alpha value is -3.66. The van der Waals surface area contributed by atoms with Crippen LogP contribution in [0.25, 0.3) is 11.0 Å². The van der Waals surface area contributed by atoms with Gasteiger partial charge >= 0.3 is 0 Å². The fourth-order valence-electron chi connectivity index (χ4n) is 5.14. The number of para-hydroxylation sites is 2. The number of imidazole rings is 1. The number of allylic oxidation sites excluding steroid dienone is 2. The minimum atomic E-state index is -0.164. The summed E-state index contributed by atoms with van der Waals surface area (Å²) in [4.78, 5) is 18.5. The number of Topliss-reactive ketones (excluding diaryl/α,β-unsaturated/α-hetero) is 1. The molecule has 1 aliphatic heterocycles. The Bertz CT molecular complexity index is 1350. The van der Waals surface area contributed by atoms with Crippen LogP contribution < -0.4 is 5.32 Å². The molecule has 0 unspecified atom stereocenters. The van der Waals surface area contributed by atoms with Gasteiger partial charge < -0.3 is 5.32 Å². The predicted molar refractivity (Wildman–Crippen MR) is 123 cm³/mol. The first-order valence-electron chi connectivity index (χ1n) is 10.8. The van der Waals surface area contributed by atoms with Crippen LogP contribution in [-0.2, 0) is 4.79 Å². The van der Waals surface area contributed by atoms with Crippen LogP contribution in [0.15, 0.2) is 90.1 Å². The molecular weight excluding hydrogens is 382 g/mol. The first-order valence-corrected chi connectivity index (χ1v) is 10.8. The van der Waals surface area contributed by atoms with Crippen molar-refractivity contribution in [2.24, 2.45) is 0 Å². The maximum Gasteiger partial charge on any atom is 0.209 e. The Morgan fingerprint density at radius 3 is 2.52 bits per heavy atom. The Balaban J connectivity index is 1.55. The summed E-state index contributed by atoms with van der Waals surface area (Å²) in [7, 11) is 0. The van der Waals surface area contributed by atoms with Crippen molar-refractivity contribution in [3.63, 3.8) is 0 Å². The average molecular weight is 406 g/mol. The quantitative estimate of drug-likeness (QED) is 0.461. The average Bonchev–Trinajstić information content (AvgIpc) is 3.16. The van der Waals surface area contributed by atoms with Crippen molar-refractivity contribution in [3.8, 4) is 0 Å². The number of nitrogens with one attached hydrogen (secondary N) is 1. The number of fused-ring (bicyclic) bond motifs is 3. The lowest BCUT2D eigenvalue weighted by Crippen LogP contribution is -2.33. The van der Waals surface area contributed by atoms with Gasteiger partial charge in [0.05, 0.1) is 17.1 Å². The van der Waals surface area contributed by atoms with E-state index < -0.39 is 0 Å². The number of rotatable bonds is 2. The normalized spacial score (nSPS) is 20.4. The molecule has 152 valence electrons. The molecule has 2 aliphatic rings. The van der Waals surface area contributed by atoms with Crippen molar-refractivity contribution in [2.75, 3.05) is 5.32 Å². The van der Waals surface area contributed by atoms with Gasteiger partial charge in [-0.15, -0.1) is 0 Å². The second-order valence-electron chi connectivity index (χ2n) is 8.57. The van der Waals surface area contributed by atoms with Crippen molar-refractivity contribution in [1.82, 2.24) is 9.55 Å². The van der Waals surface area contributed by atoms with E-state index >= 15 is 0 Å². The third-order valence-electron chi connectivity index (χ3n) is 6.53. The van der Waals surface area contributed by atoms with Crippen LogP contribution in [0, 0.1) is 6.92 Å². The van der Waals surface area contributed by atoms with Crippen molar-refractivity contribution in [1.29, 1.82) is 0 Å². The summed E-state index contributed by atoms with van der Waals surface area (Å²) in [6.45, 7) is 2.10. The summed E-state index contributed by atoms with van der Waals surface area (Å²) in [6.07, 6.45) is 1.35. The highest BCUT2D eigenvalue weighted by Crippen LogP contribution is 2.45. The van der Waals surface area contributed by atoms with Crippen LogP contribution >= 0.6 is 0 Å². The molecule has 2 atom stereocenters. The van der Waals surface area contributed by atoms with E-state index in [-0.39, 0.29) is 17.7 Å². The topological polar surface area (TPSA) is 46.9 Å². The minimum Gasteiger partial charge on any atom is -0.329 e. The predicted octanol–water partition coefficient (Wildman–Crippen LogP) is 5.76. The molecule has 0 bridgehead atoms. The van der Waals surface area contributed by atoms with E-state index in [0.717, 1.165) is 40.2 Å². The second-order valence-corrected chi connectivity index (χ2v) is 8.57. The van der Waals surface area contributed by atoms with Crippen LogP contribution in [0.4, 0.5) is 5.95 Å². The number of nitrogens with zero attached hydrogens (tertiary/aromatic N) is 2. The van der Waals surface area contributed by atoms with E-state index in [1.165, 1.54) is 11.1 Å². The lowest BCUT2D eigenvalue weighted by atomic mass is 9.77. The maximum atomic E-state index is 13.6. The van der Waals surface area contributed by atoms with Gasteiger partial charge in [0.15, 0.2) is 5.78 Å². The van der Waals surface area contributed by atoms with Crippen molar-refractivity contribution in [3.05, 3.63) is 107 Å². The number of hydrogen-bond donors (Lipinski definition) is 1. The Morgan fingerprint density at radius 1 is 0.903 bits per heavy atom. The molecule has 1 aliphatic carbocycles. The lowest BCUT2D eigenvalue weighted by Gasteiger charge is -2.36. The van der Waals surface area contributed by atoms with E-state index in [1.807, 2.05) is 36.4 Å². The summed E-state index contributed by atoms with van der Waals surface area (Å²) in [5, 5.41) is 3.54. The monoisotopic (exact) mass is 405 g/mol. The molecule has 0 fully saturated rings. The summed E-state index contributed by atoms with van der Waals surface area (Å²) in [6, 6.07) is 26.8. The third kappa shape index (κ3) is 2.90. The van der Waals surface area contributed by atoms with Crippen molar-refractivity contribution < 1.29 is 4.79 Å². The van der Waals surface area contributed by atoms with Crippen molar-refractivity contribution >= 4 is 22.8 Å². The second kappa shape index (κ2) is 6.95. The Kier molecular flexibility index (Phi) is 4.06. The number of anilines is 1. The van der Waals surface area contributed by atoms with E-state index in [4.69, 9.17) is 4.98 Å². The zero-order valence-electron chi connectivity index (χ0n) is 17.4. The van der Waals surface area contributed by atoms with Crippen LogP contribution in [0.5, 0.6) is 0 Å². The highest BCUT2D eigenvalue weighted by Gasteiger charge is 2.39. The van der Waals surface area contributed by atoms with E-state index in [9.17, 15) is 4.79 Å². The van der Waals surface area contributed by atoms with Gasteiger partial charge in [0.1, 0.15) is 0 Å². The maximum absolute atomic E-state index is 13.6. The summed E-state index contributed by atoms with van der Waals surface area (Å²) >= 11 is 0. The van der Waals surface area contributed by atoms with Crippen LogP contribution in [0.1, 0.15) is 41.5 Å². The molecule has 0 radical (unpaired) electrons. The molecule has 2 heterocycles. The Morgan fingerprint density at radius 2 is 1.68 bits per heavy atom. The van der Waals surface area contributed by atoms with Gasteiger partial charge in [0.2, 0.25) is 5.95 Å². The number of benzene rings is 3. The summed E-state index contributed by atoms with van der Waals surface area (Å²) in [5.74, 6) is 1.22. The first-order chi connectivity index (χ1) is 15.2. The van der Waals surface area contributed by atoms with Gasteiger partial charge in [-0.3, -0.25) is 9.36 Å². The number of aromatic nitrogens is 2. The minimum absolute atomic E-state index is 0.164. The zero-order chi connectivity index (χ0) is 20.9. The van der Waals surface area contributed by atoms with E-state index in [2.05, 4.69) is 59.3 Å². The van der Waals surface area contributed by atoms with Gasteiger partial charge in [-0.1, -0.05) is 72.3 Å². The number of hydrogen-bond acceptors (Lipinski definition) is 3. The number of carbonyl (C=O) groups excluding carboxylic acids is 1. The SMILES string of the molecule is Cc1cccc([C@H]2C3=C(C[C@@H](c4ccccc4)CC3=O)Nc3nc4ccccc4n32)c1. The van der Waals surface area contributed by atoms with Gasteiger partial charge in [-0.2, -0.15) is 0 Å². The molecule has 0 saturated heterocycles. The third-order valence-corrected chi connectivity index (χ3v) is 6.53. The van der Waals surface area contributed by atoms with Crippen LogP contribution in [-0.4, -0.2) is 15.3 Å². The highest BCUT2D eigenvalue weighted by molar-refractivity contribution is 6.01. The number of carbonyl (C=O) groups is 1. The van der Waals surface area contributed by atoms with E-state index in [0.29, 0.717) is 6.42 Å². The van der Waals surface area contributed by atoms with Gasteiger partial charge in [0.25, 0.3) is 0 Å². The summed E-state index contributed by atoms with van der Waals surface area (Å²) in [5.41, 5.74) is 7.42. The standard InChI is InChI=1S/C27H23N3O/c1-17-8-7-11-19(14-17)26-25-22(15-20(16-24(25)31)18-9-3-2-4-10-18)29-27-28-21-12-5-6-13-23(21)30(26)27/h2-14,20,26H,15-16H2,1H3,(H,28,29)/t20-,26+/m1/s1. The van der Waals surface area contributed by atoms with Gasteiger partial charge in [-0.25, -0.2) is 4.98 Å². The molecule has 0 amide bonds. The van der Waals surface area contributed by atoms with Gasteiger partial charge in [-0.05, 0) is 42.5 Å². The molecule has 4 nitrogen and oxygen atoms in total. The molecule has 0 spiro atoms. The van der Waals surface area contributed by atoms with Crippen LogP contribution in [0.2, 0.25) is 0 Å². The Labute approximate surface area is 181 Å². The van der Waals surface area contributed by atoms with Gasteiger partial charge in [0, 0.05) is 17.7 Å². The summed E-state index contributed by atoms with van der Waals surface area (Å²) < 4.78 is 2.20. The molecule has 6 rings (SSSR count).